The van der Waals surface area contributed by atoms with Crippen LogP contribution in [-0.2, 0) is 12.8 Å². The Hall–Kier alpha value is -1.09. The van der Waals surface area contributed by atoms with Crippen molar-refractivity contribution in [2.75, 3.05) is 13.7 Å². The summed E-state index contributed by atoms with van der Waals surface area (Å²) in [6, 6.07) is 3.47. The van der Waals surface area contributed by atoms with Gasteiger partial charge in [-0.25, -0.2) is 4.39 Å². The molecule has 1 aromatic carbocycles. The number of hydrogen-bond donors (Lipinski definition) is 1. The minimum atomic E-state index is -0.296. The van der Waals surface area contributed by atoms with Crippen molar-refractivity contribution in [1.29, 1.82) is 0 Å². The van der Waals surface area contributed by atoms with Crippen molar-refractivity contribution >= 4 is 0 Å². The Kier molecular flexibility index (Phi) is 3.89. The largest absolute Gasteiger partial charge is 0.493 e. The molecule has 0 bridgehead atoms. The van der Waals surface area contributed by atoms with E-state index in [0.717, 1.165) is 17.5 Å². The van der Waals surface area contributed by atoms with E-state index in [1.54, 1.807) is 0 Å². The van der Waals surface area contributed by atoms with Gasteiger partial charge in [0, 0.05) is 0 Å². The van der Waals surface area contributed by atoms with Gasteiger partial charge in [-0.2, -0.15) is 0 Å². The molecule has 0 fully saturated rings. The fourth-order valence-corrected chi connectivity index (χ4v) is 1.49. The maximum absolute atomic E-state index is 13.5. The van der Waals surface area contributed by atoms with Crippen molar-refractivity contribution in [3.8, 4) is 5.75 Å². The minimum absolute atomic E-state index is 0.296. The molecule has 1 aromatic rings. The third-order valence-electron chi connectivity index (χ3n) is 2.21. The summed E-state index contributed by atoms with van der Waals surface area (Å²) in [7, 11) is 1.48. The number of ether oxygens (including phenoxy) is 1. The Bertz CT molecular complexity index is 312. The van der Waals surface area contributed by atoms with Gasteiger partial charge >= 0.3 is 0 Å². The van der Waals surface area contributed by atoms with Gasteiger partial charge in [0.15, 0.2) is 11.6 Å². The molecule has 0 aliphatic carbocycles. The number of hydrogen-bond acceptors (Lipinski definition) is 2. The number of rotatable bonds is 4. The molecule has 0 aromatic heterocycles. The van der Waals surface area contributed by atoms with Gasteiger partial charge in [0.25, 0.3) is 0 Å². The molecule has 0 atom stereocenters. The van der Waals surface area contributed by atoms with Gasteiger partial charge in [-0.15, -0.1) is 0 Å². The Morgan fingerprint density at radius 3 is 2.64 bits per heavy atom. The van der Waals surface area contributed by atoms with Crippen LogP contribution in [-0.4, -0.2) is 13.7 Å². The van der Waals surface area contributed by atoms with E-state index in [1.807, 2.05) is 13.0 Å². The highest BCUT2D eigenvalue weighted by atomic mass is 19.1. The maximum Gasteiger partial charge on any atom is 0.165 e. The average Bonchev–Trinajstić information content (AvgIpc) is 2.18. The van der Waals surface area contributed by atoms with E-state index in [1.165, 1.54) is 13.2 Å². The second kappa shape index (κ2) is 4.96. The normalized spacial score (nSPS) is 10.3. The Morgan fingerprint density at radius 2 is 2.14 bits per heavy atom. The van der Waals surface area contributed by atoms with E-state index < -0.39 is 0 Å². The molecule has 0 unspecified atom stereocenters. The lowest BCUT2D eigenvalue weighted by molar-refractivity contribution is 0.381. The first-order valence-corrected chi connectivity index (χ1v) is 4.78. The molecular formula is C11H16FNO. The SMILES string of the molecule is CCc1cc(F)c(OC)c(CCN)c1. The van der Waals surface area contributed by atoms with Gasteiger partial charge in [0.1, 0.15) is 0 Å². The fourth-order valence-electron chi connectivity index (χ4n) is 1.49. The van der Waals surface area contributed by atoms with Crippen LogP contribution in [0.4, 0.5) is 4.39 Å². The number of nitrogens with two attached hydrogens (primary N) is 1. The van der Waals surface area contributed by atoms with Crippen molar-refractivity contribution in [2.24, 2.45) is 5.73 Å². The fraction of sp³-hybridized carbons (Fsp3) is 0.455. The molecular weight excluding hydrogens is 181 g/mol. The zero-order valence-corrected chi connectivity index (χ0v) is 8.64. The highest BCUT2D eigenvalue weighted by molar-refractivity contribution is 5.39. The van der Waals surface area contributed by atoms with Crippen LogP contribution < -0.4 is 10.5 Å². The molecule has 0 heterocycles. The molecule has 0 radical (unpaired) electrons. The van der Waals surface area contributed by atoms with Gasteiger partial charge in [-0.3, -0.25) is 0 Å². The first-order chi connectivity index (χ1) is 6.72. The quantitative estimate of drug-likeness (QED) is 0.800. The smallest absolute Gasteiger partial charge is 0.165 e. The first kappa shape index (κ1) is 11.0. The van der Waals surface area contributed by atoms with E-state index in [-0.39, 0.29) is 5.82 Å². The minimum Gasteiger partial charge on any atom is -0.493 e. The van der Waals surface area contributed by atoms with Crippen molar-refractivity contribution in [3.05, 3.63) is 29.1 Å². The lowest BCUT2D eigenvalue weighted by Crippen LogP contribution is -2.06. The van der Waals surface area contributed by atoms with Crippen LogP contribution in [0.2, 0.25) is 0 Å². The molecule has 14 heavy (non-hydrogen) atoms. The molecule has 0 aliphatic heterocycles. The van der Waals surface area contributed by atoms with E-state index in [2.05, 4.69) is 0 Å². The second-order valence-electron chi connectivity index (χ2n) is 3.16. The van der Waals surface area contributed by atoms with Gasteiger partial charge in [-0.05, 0) is 36.6 Å². The molecule has 1 rings (SSSR count). The Labute approximate surface area is 83.9 Å². The molecule has 0 saturated carbocycles. The summed E-state index contributed by atoms with van der Waals surface area (Å²) >= 11 is 0. The summed E-state index contributed by atoms with van der Waals surface area (Å²) in [6.45, 7) is 2.50. The van der Waals surface area contributed by atoms with Crippen molar-refractivity contribution in [1.82, 2.24) is 0 Å². The van der Waals surface area contributed by atoms with Crippen LogP contribution >= 0.6 is 0 Å². The van der Waals surface area contributed by atoms with Crippen LogP contribution in [0.5, 0.6) is 5.75 Å². The first-order valence-electron chi connectivity index (χ1n) is 4.78. The molecule has 2 nitrogen and oxygen atoms in total. The predicted octanol–water partition coefficient (Wildman–Crippen LogP) is 1.90. The summed E-state index contributed by atoms with van der Waals surface area (Å²) in [5.41, 5.74) is 7.28. The van der Waals surface area contributed by atoms with Crippen LogP contribution in [0.25, 0.3) is 0 Å². The van der Waals surface area contributed by atoms with Gasteiger partial charge in [0.05, 0.1) is 7.11 Å². The molecule has 0 amide bonds. The number of methoxy groups -OCH3 is 1. The monoisotopic (exact) mass is 197 g/mol. The van der Waals surface area contributed by atoms with E-state index in [0.29, 0.717) is 18.7 Å². The standard InChI is InChI=1S/C11H16FNO/c1-3-8-6-9(4-5-13)11(14-2)10(12)7-8/h6-7H,3-5,13H2,1-2H3. The molecule has 78 valence electrons. The van der Waals surface area contributed by atoms with Crippen molar-refractivity contribution in [2.45, 2.75) is 19.8 Å². The highest BCUT2D eigenvalue weighted by Gasteiger charge is 2.10. The lowest BCUT2D eigenvalue weighted by Gasteiger charge is -2.10. The number of halogens is 1. The number of aryl methyl sites for hydroxylation is 1. The van der Waals surface area contributed by atoms with Gasteiger partial charge in [0.2, 0.25) is 0 Å². The molecule has 2 N–H and O–H groups in total. The summed E-state index contributed by atoms with van der Waals surface area (Å²) in [6.07, 6.45) is 1.46. The van der Waals surface area contributed by atoms with Gasteiger partial charge < -0.3 is 10.5 Å². The van der Waals surface area contributed by atoms with E-state index >= 15 is 0 Å². The van der Waals surface area contributed by atoms with Gasteiger partial charge in [-0.1, -0.05) is 13.0 Å². The second-order valence-corrected chi connectivity index (χ2v) is 3.16. The van der Waals surface area contributed by atoms with E-state index in [4.69, 9.17) is 10.5 Å². The summed E-state index contributed by atoms with van der Waals surface area (Å²) < 4.78 is 18.5. The zero-order chi connectivity index (χ0) is 10.6. The Balaban J connectivity index is 3.13. The van der Waals surface area contributed by atoms with E-state index in [9.17, 15) is 4.39 Å². The molecule has 0 aliphatic rings. The average molecular weight is 197 g/mol. The molecule has 3 heteroatoms. The summed E-state index contributed by atoms with van der Waals surface area (Å²) in [5, 5.41) is 0. The molecule has 0 spiro atoms. The summed E-state index contributed by atoms with van der Waals surface area (Å²) in [5.74, 6) is 0.0305. The highest BCUT2D eigenvalue weighted by Crippen LogP contribution is 2.24. The maximum atomic E-state index is 13.5. The predicted molar refractivity (Wildman–Crippen MR) is 55.1 cm³/mol. The van der Waals surface area contributed by atoms with Crippen LogP contribution in [0.1, 0.15) is 18.1 Å². The molecule has 0 saturated heterocycles. The third kappa shape index (κ3) is 2.23. The topological polar surface area (TPSA) is 35.2 Å². The van der Waals surface area contributed by atoms with Crippen molar-refractivity contribution < 1.29 is 9.13 Å². The Morgan fingerprint density at radius 1 is 1.43 bits per heavy atom. The van der Waals surface area contributed by atoms with Crippen LogP contribution in [0, 0.1) is 5.82 Å². The lowest BCUT2D eigenvalue weighted by atomic mass is 10.0. The van der Waals surface area contributed by atoms with Crippen LogP contribution in [0.3, 0.4) is 0 Å². The zero-order valence-electron chi connectivity index (χ0n) is 8.64. The van der Waals surface area contributed by atoms with Crippen molar-refractivity contribution in [3.63, 3.8) is 0 Å². The number of benzene rings is 1. The third-order valence-corrected chi connectivity index (χ3v) is 2.21. The van der Waals surface area contributed by atoms with Crippen LogP contribution in [0.15, 0.2) is 12.1 Å². The summed E-state index contributed by atoms with van der Waals surface area (Å²) in [4.78, 5) is 0.